The Hall–Kier alpha value is -3.09. The van der Waals surface area contributed by atoms with E-state index in [1.807, 2.05) is 6.92 Å². The number of para-hydroxylation sites is 1. The molecule has 2 N–H and O–H groups in total. The molecular weight excluding hydrogens is 339 g/mol. The number of nitrogens with one attached hydrogen (secondary N) is 2. The Labute approximate surface area is 152 Å². The summed E-state index contributed by atoms with van der Waals surface area (Å²) in [5, 5.41) is 4.91. The first-order chi connectivity index (χ1) is 12.4. The van der Waals surface area contributed by atoms with E-state index in [1.54, 1.807) is 18.2 Å². The number of anilines is 1. The zero-order valence-corrected chi connectivity index (χ0v) is 15.1. The number of hydrogen-bond acceptors (Lipinski definition) is 4. The summed E-state index contributed by atoms with van der Waals surface area (Å²) in [5.41, 5.74) is 1.32. The molecule has 7 heteroatoms. The molecular formula is C19H23FN2O4. The van der Waals surface area contributed by atoms with Gasteiger partial charge in [0.15, 0.2) is 0 Å². The summed E-state index contributed by atoms with van der Waals surface area (Å²) in [7, 11) is 2.73. The maximum absolute atomic E-state index is 14.1. The monoisotopic (exact) mass is 362 g/mol. The fourth-order valence-electron chi connectivity index (χ4n) is 1.94. The Morgan fingerprint density at radius 2 is 1.96 bits per heavy atom. The van der Waals surface area contributed by atoms with Crippen molar-refractivity contribution in [2.45, 2.75) is 19.8 Å². The third-order valence-electron chi connectivity index (χ3n) is 3.28. The molecule has 0 spiro atoms. The number of esters is 1. The molecule has 0 aliphatic rings. The first kappa shape index (κ1) is 21.0. The van der Waals surface area contributed by atoms with Crippen molar-refractivity contribution in [1.82, 2.24) is 5.32 Å². The van der Waals surface area contributed by atoms with Crippen LogP contribution in [0.15, 0.2) is 54.5 Å². The van der Waals surface area contributed by atoms with Gasteiger partial charge >= 0.3 is 12.0 Å². The van der Waals surface area contributed by atoms with Crippen LogP contribution in [0.25, 0.3) is 0 Å². The summed E-state index contributed by atoms with van der Waals surface area (Å²) in [6.07, 6.45) is 5.00. The molecule has 0 bridgehead atoms. The Morgan fingerprint density at radius 1 is 1.23 bits per heavy atom. The largest absolute Gasteiger partial charge is 0.495 e. The molecule has 0 radical (unpaired) electrons. The lowest BCUT2D eigenvalue weighted by molar-refractivity contribution is -0.140. The van der Waals surface area contributed by atoms with E-state index in [9.17, 15) is 14.0 Å². The highest BCUT2D eigenvalue weighted by molar-refractivity contribution is 5.91. The summed E-state index contributed by atoms with van der Waals surface area (Å²) < 4.78 is 23.7. The van der Waals surface area contributed by atoms with E-state index in [4.69, 9.17) is 4.74 Å². The van der Waals surface area contributed by atoms with E-state index >= 15 is 0 Å². The van der Waals surface area contributed by atoms with Crippen LogP contribution < -0.4 is 10.6 Å². The standard InChI is InChI=1S/C19H23FN2O4/c1-13(2)8-10-15(25-3)12-21-19(24)22-18-14(6-5-7-16(18)20)9-11-17(23)26-4/h5-8,10,12H,1,9,11H2,2-4H3,(H2,21,22,24)/b10-8-,15-12-. The van der Waals surface area contributed by atoms with Gasteiger partial charge in [-0.2, -0.15) is 0 Å². The van der Waals surface area contributed by atoms with Crippen LogP contribution in [-0.4, -0.2) is 26.2 Å². The van der Waals surface area contributed by atoms with Crippen LogP contribution in [0.5, 0.6) is 0 Å². The molecule has 0 unspecified atom stereocenters. The van der Waals surface area contributed by atoms with Gasteiger partial charge in [0, 0.05) is 12.6 Å². The minimum atomic E-state index is -0.646. The third kappa shape index (κ3) is 7.21. The van der Waals surface area contributed by atoms with Gasteiger partial charge in [-0.3, -0.25) is 4.79 Å². The van der Waals surface area contributed by atoms with Crippen LogP contribution in [0, 0.1) is 5.82 Å². The summed E-state index contributed by atoms with van der Waals surface area (Å²) in [6, 6.07) is 3.72. The summed E-state index contributed by atoms with van der Waals surface area (Å²) in [5.74, 6) is -0.620. The van der Waals surface area contributed by atoms with Gasteiger partial charge in [0.1, 0.15) is 11.6 Å². The molecule has 1 aromatic carbocycles. The zero-order valence-electron chi connectivity index (χ0n) is 15.1. The van der Waals surface area contributed by atoms with E-state index in [-0.39, 0.29) is 18.5 Å². The number of methoxy groups -OCH3 is 2. The number of allylic oxidation sites excluding steroid dienone is 3. The van der Waals surface area contributed by atoms with Crippen molar-refractivity contribution in [2.24, 2.45) is 0 Å². The predicted molar refractivity (Wildman–Crippen MR) is 97.9 cm³/mol. The summed E-state index contributed by atoms with van der Waals surface area (Å²) >= 11 is 0. The van der Waals surface area contributed by atoms with Gasteiger partial charge in [0.2, 0.25) is 0 Å². The molecule has 0 fully saturated rings. The van der Waals surface area contributed by atoms with E-state index in [2.05, 4.69) is 21.9 Å². The number of hydrogen-bond donors (Lipinski definition) is 2. The van der Waals surface area contributed by atoms with E-state index in [1.165, 1.54) is 32.6 Å². The molecule has 0 saturated carbocycles. The molecule has 2 amide bonds. The van der Waals surface area contributed by atoms with Gasteiger partial charge in [-0.25, -0.2) is 9.18 Å². The highest BCUT2D eigenvalue weighted by Gasteiger charge is 2.13. The van der Waals surface area contributed by atoms with Crippen LogP contribution in [-0.2, 0) is 20.7 Å². The van der Waals surface area contributed by atoms with Crippen molar-refractivity contribution in [1.29, 1.82) is 0 Å². The topological polar surface area (TPSA) is 76.7 Å². The van der Waals surface area contributed by atoms with Crippen LogP contribution in [0.3, 0.4) is 0 Å². The van der Waals surface area contributed by atoms with Crippen molar-refractivity contribution in [3.63, 3.8) is 0 Å². The van der Waals surface area contributed by atoms with Gasteiger partial charge in [0.25, 0.3) is 0 Å². The lowest BCUT2D eigenvalue weighted by Gasteiger charge is -2.12. The fraction of sp³-hybridized carbons (Fsp3) is 0.263. The Morgan fingerprint density at radius 3 is 2.58 bits per heavy atom. The molecule has 1 aromatic rings. The average molecular weight is 362 g/mol. The van der Waals surface area contributed by atoms with Crippen LogP contribution in [0.1, 0.15) is 18.9 Å². The smallest absolute Gasteiger partial charge is 0.323 e. The van der Waals surface area contributed by atoms with E-state index in [0.29, 0.717) is 11.3 Å². The molecule has 0 saturated heterocycles. The van der Waals surface area contributed by atoms with Gasteiger partial charge < -0.3 is 20.1 Å². The number of amides is 2. The van der Waals surface area contributed by atoms with E-state index in [0.717, 1.165) is 5.57 Å². The quantitative estimate of drug-likeness (QED) is 0.420. The fourth-order valence-corrected chi connectivity index (χ4v) is 1.94. The molecule has 26 heavy (non-hydrogen) atoms. The van der Waals surface area contributed by atoms with Gasteiger partial charge in [-0.15, -0.1) is 0 Å². The molecule has 1 rings (SSSR count). The predicted octanol–water partition coefficient (Wildman–Crippen LogP) is 3.67. The minimum absolute atomic E-state index is 0.0127. The number of carbonyl (C=O) groups excluding carboxylic acids is 2. The maximum atomic E-state index is 14.1. The Balaban J connectivity index is 2.82. The number of rotatable bonds is 8. The first-order valence-electron chi connectivity index (χ1n) is 7.86. The second kappa shape index (κ2) is 10.7. The number of halogens is 1. The van der Waals surface area contributed by atoms with Crippen LogP contribution in [0.2, 0.25) is 0 Å². The lowest BCUT2D eigenvalue weighted by Crippen LogP contribution is -2.25. The second-order valence-electron chi connectivity index (χ2n) is 5.38. The lowest BCUT2D eigenvalue weighted by atomic mass is 10.1. The SMILES string of the molecule is C=C(C)/C=C\C(=C\NC(=O)Nc1c(F)cccc1CCC(=O)OC)OC. The van der Waals surface area contributed by atoms with E-state index < -0.39 is 17.8 Å². The van der Waals surface area contributed by atoms with Crippen LogP contribution in [0.4, 0.5) is 14.9 Å². The minimum Gasteiger partial charge on any atom is -0.495 e. The number of aryl methyl sites for hydroxylation is 1. The van der Waals surface area contributed by atoms with Crippen molar-refractivity contribution in [3.05, 3.63) is 65.8 Å². The molecule has 0 heterocycles. The second-order valence-corrected chi connectivity index (χ2v) is 5.38. The average Bonchev–Trinajstić information content (AvgIpc) is 2.61. The number of ether oxygens (including phenoxy) is 2. The molecule has 0 aliphatic heterocycles. The van der Waals surface area contributed by atoms with Crippen molar-refractivity contribution in [2.75, 3.05) is 19.5 Å². The number of urea groups is 1. The van der Waals surface area contributed by atoms with Gasteiger partial charge in [-0.05, 0) is 31.1 Å². The molecule has 0 atom stereocenters. The highest BCUT2D eigenvalue weighted by Crippen LogP contribution is 2.21. The summed E-state index contributed by atoms with van der Waals surface area (Å²) in [4.78, 5) is 23.3. The number of benzene rings is 1. The number of carbonyl (C=O) groups is 2. The van der Waals surface area contributed by atoms with Crippen molar-refractivity contribution in [3.8, 4) is 0 Å². The van der Waals surface area contributed by atoms with Crippen LogP contribution >= 0.6 is 0 Å². The van der Waals surface area contributed by atoms with Crippen molar-refractivity contribution >= 4 is 17.7 Å². The molecule has 0 aliphatic carbocycles. The molecule has 140 valence electrons. The first-order valence-corrected chi connectivity index (χ1v) is 7.86. The zero-order chi connectivity index (χ0) is 19.5. The molecule has 6 nitrogen and oxygen atoms in total. The highest BCUT2D eigenvalue weighted by atomic mass is 19.1. The molecule has 0 aromatic heterocycles. The summed E-state index contributed by atoms with van der Waals surface area (Å²) in [6.45, 7) is 5.54. The normalized spacial score (nSPS) is 11.2. The van der Waals surface area contributed by atoms with Crippen molar-refractivity contribution < 1.29 is 23.5 Å². The maximum Gasteiger partial charge on any atom is 0.323 e. The Bertz CT molecular complexity index is 726. The van der Waals surface area contributed by atoms with Gasteiger partial charge in [0.05, 0.1) is 19.9 Å². The third-order valence-corrected chi connectivity index (χ3v) is 3.28. The van der Waals surface area contributed by atoms with Gasteiger partial charge in [-0.1, -0.05) is 30.4 Å². The Kier molecular flexibility index (Phi) is 8.63.